The zero-order valence-corrected chi connectivity index (χ0v) is 16.7. The van der Waals surface area contributed by atoms with Crippen LogP contribution in [0.15, 0.2) is 51.9 Å². The first-order valence-corrected chi connectivity index (χ1v) is 9.88. The molecule has 144 valence electrons. The minimum atomic E-state index is -0.417. The fourth-order valence-corrected chi connectivity index (χ4v) is 4.25. The van der Waals surface area contributed by atoms with Crippen molar-refractivity contribution in [3.8, 4) is 11.5 Å². The second kappa shape index (κ2) is 7.52. The van der Waals surface area contributed by atoms with Crippen molar-refractivity contribution in [3.05, 3.63) is 53.0 Å². The molecule has 0 radical (unpaired) electrons. The summed E-state index contributed by atoms with van der Waals surface area (Å²) in [7, 11) is 1.63. The van der Waals surface area contributed by atoms with Crippen molar-refractivity contribution < 1.29 is 18.7 Å². The van der Waals surface area contributed by atoms with Gasteiger partial charge in [-0.05, 0) is 44.2 Å². The van der Waals surface area contributed by atoms with E-state index < -0.39 is 5.91 Å². The second-order valence-electron chi connectivity index (χ2n) is 6.10. The summed E-state index contributed by atoms with van der Waals surface area (Å²) in [5, 5.41) is 0.814. The first-order chi connectivity index (χ1) is 13.6. The van der Waals surface area contributed by atoms with Gasteiger partial charge in [-0.25, -0.2) is 0 Å². The molecular weight excluding hydrogens is 376 g/mol. The number of thiazole rings is 1. The largest absolute Gasteiger partial charge is 0.497 e. The van der Waals surface area contributed by atoms with Crippen molar-refractivity contribution in [1.29, 1.82) is 0 Å². The molecule has 2 aromatic heterocycles. The summed E-state index contributed by atoms with van der Waals surface area (Å²) in [6, 6.07) is 13.1. The van der Waals surface area contributed by atoms with Crippen LogP contribution in [0, 0.1) is 0 Å². The molecule has 1 amide bonds. The molecule has 2 aromatic carbocycles. The molecule has 0 aliphatic carbocycles. The van der Waals surface area contributed by atoms with E-state index in [1.165, 1.54) is 11.3 Å². The van der Waals surface area contributed by atoms with E-state index in [4.69, 9.17) is 13.9 Å². The molecule has 7 heteroatoms. The van der Waals surface area contributed by atoms with Crippen molar-refractivity contribution in [2.24, 2.45) is 4.99 Å². The Morgan fingerprint density at radius 1 is 1.21 bits per heavy atom. The number of carbonyl (C=O) groups is 1. The van der Waals surface area contributed by atoms with Gasteiger partial charge in [-0.2, -0.15) is 4.99 Å². The third kappa shape index (κ3) is 3.18. The van der Waals surface area contributed by atoms with E-state index in [-0.39, 0.29) is 5.76 Å². The van der Waals surface area contributed by atoms with Gasteiger partial charge >= 0.3 is 5.91 Å². The van der Waals surface area contributed by atoms with Crippen LogP contribution in [0.3, 0.4) is 0 Å². The van der Waals surface area contributed by atoms with Crippen LogP contribution in [-0.2, 0) is 6.54 Å². The molecule has 0 aliphatic heterocycles. The van der Waals surface area contributed by atoms with Crippen LogP contribution in [0.1, 0.15) is 24.4 Å². The van der Waals surface area contributed by atoms with E-state index in [2.05, 4.69) is 4.99 Å². The maximum Gasteiger partial charge on any atom is 0.315 e. The third-order valence-electron chi connectivity index (χ3n) is 4.42. The Bertz CT molecular complexity index is 1230. The normalized spacial score (nSPS) is 12.0. The standard InChI is InChI=1S/C21H20N2O4S/c1-4-23-15-10-9-14(25-3)12-18(15)28-21(23)22-20(24)17-11-13-7-6-8-16(26-5-2)19(13)27-17/h6-12H,4-5H2,1-3H3. The summed E-state index contributed by atoms with van der Waals surface area (Å²) in [6.45, 7) is 5.15. The molecule has 0 atom stereocenters. The Hall–Kier alpha value is -3.06. The van der Waals surface area contributed by atoms with Crippen LogP contribution in [0.2, 0.25) is 0 Å². The molecule has 0 aliphatic rings. The summed E-state index contributed by atoms with van der Waals surface area (Å²) >= 11 is 1.45. The minimum Gasteiger partial charge on any atom is -0.497 e. The summed E-state index contributed by atoms with van der Waals surface area (Å²) in [5.41, 5.74) is 1.58. The number of carbonyl (C=O) groups excluding carboxylic acids is 1. The van der Waals surface area contributed by atoms with Crippen molar-refractivity contribution in [1.82, 2.24) is 4.57 Å². The van der Waals surface area contributed by atoms with Crippen LogP contribution in [-0.4, -0.2) is 24.2 Å². The third-order valence-corrected chi connectivity index (χ3v) is 5.46. The Morgan fingerprint density at radius 3 is 2.82 bits per heavy atom. The van der Waals surface area contributed by atoms with Gasteiger partial charge in [0.25, 0.3) is 0 Å². The van der Waals surface area contributed by atoms with Gasteiger partial charge in [0.1, 0.15) is 5.75 Å². The smallest absolute Gasteiger partial charge is 0.315 e. The molecule has 0 N–H and O–H groups in total. The number of aromatic nitrogens is 1. The zero-order chi connectivity index (χ0) is 19.7. The molecule has 4 rings (SSSR count). The summed E-state index contributed by atoms with van der Waals surface area (Å²) in [4.78, 5) is 17.7. The monoisotopic (exact) mass is 396 g/mol. The molecule has 0 bridgehead atoms. The first-order valence-electron chi connectivity index (χ1n) is 9.06. The number of methoxy groups -OCH3 is 1. The average molecular weight is 396 g/mol. The second-order valence-corrected chi connectivity index (χ2v) is 7.11. The first kappa shape index (κ1) is 18.3. The van der Waals surface area contributed by atoms with Gasteiger partial charge < -0.3 is 18.5 Å². The lowest BCUT2D eigenvalue weighted by atomic mass is 10.2. The number of amides is 1. The van der Waals surface area contributed by atoms with E-state index in [9.17, 15) is 4.79 Å². The van der Waals surface area contributed by atoms with E-state index in [0.717, 1.165) is 21.4 Å². The summed E-state index contributed by atoms with van der Waals surface area (Å²) in [5.74, 6) is 1.17. The van der Waals surface area contributed by atoms with E-state index in [1.54, 1.807) is 13.2 Å². The maximum absolute atomic E-state index is 12.8. The van der Waals surface area contributed by atoms with E-state index in [1.807, 2.05) is 54.8 Å². The Balaban J connectivity index is 1.79. The Kier molecular flexibility index (Phi) is 4.92. The van der Waals surface area contributed by atoms with Crippen LogP contribution < -0.4 is 14.3 Å². The number of ether oxygens (including phenoxy) is 2. The lowest BCUT2D eigenvalue weighted by Gasteiger charge is -2.02. The number of para-hydroxylation sites is 1. The maximum atomic E-state index is 12.8. The molecule has 0 spiro atoms. The predicted molar refractivity (Wildman–Crippen MR) is 109 cm³/mol. The molecule has 0 saturated carbocycles. The van der Waals surface area contributed by atoms with Crippen molar-refractivity contribution in [2.75, 3.05) is 13.7 Å². The summed E-state index contributed by atoms with van der Waals surface area (Å²) in [6.07, 6.45) is 0. The minimum absolute atomic E-state index is 0.194. The highest BCUT2D eigenvalue weighted by Crippen LogP contribution is 2.29. The molecule has 6 nitrogen and oxygen atoms in total. The fraction of sp³-hybridized carbons (Fsp3) is 0.238. The lowest BCUT2D eigenvalue weighted by Crippen LogP contribution is -2.15. The highest BCUT2D eigenvalue weighted by Gasteiger charge is 2.15. The van der Waals surface area contributed by atoms with Crippen LogP contribution >= 0.6 is 11.3 Å². The van der Waals surface area contributed by atoms with Gasteiger partial charge in [-0.15, -0.1) is 0 Å². The molecule has 0 saturated heterocycles. The predicted octanol–water partition coefficient (Wildman–Crippen LogP) is 4.62. The number of rotatable bonds is 5. The van der Waals surface area contributed by atoms with Crippen LogP contribution in [0.25, 0.3) is 21.2 Å². The van der Waals surface area contributed by atoms with Gasteiger partial charge in [0, 0.05) is 11.9 Å². The highest BCUT2D eigenvalue weighted by molar-refractivity contribution is 7.16. The molecule has 2 heterocycles. The Morgan fingerprint density at radius 2 is 2.07 bits per heavy atom. The van der Waals surface area contributed by atoms with E-state index >= 15 is 0 Å². The van der Waals surface area contributed by atoms with Crippen LogP contribution in [0.4, 0.5) is 0 Å². The SMILES string of the molecule is CCOc1cccc2cc(C(=O)N=c3sc4cc(OC)ccc4n3CC)oc12. The molecule has 0 unspecified atom stereocenters. The number of hydrogen-bond donors (Lipinski definition) is 0. The zero-order valence-electron chi connectivity index (χ0n) is 15.9. The topological polar surface area (TPSA) is 66.0 Å². The van der Waals surface area contributed by atoms with Gasteiger partial charge in [0.15, 0.2) is 21.9 Å². The number of hydrogen-bond acceptors (Lipinski definition) is 5. The quantitative estimate of drug-likeness (QED) is 0.494. The van der Waals surface area contributed by atoms with Gasteiger partial charge in [0.2, 0.25) is 0 Å². The number of fused-ring (bicyclic) bond motifs is 2. The van der Waals surface area contributed by atoms with Gasteiger partial charge in [-0.1, -0.05) is 23.5 Å². The number of benzene rings is 2. The molecule has 4 aromatic rings. The van der Waals surface area contributed by atoms with Gasteiger partial charge in [0.05, 0.1) is 23.9 Å². The highest BCUT2D eigenvalue weighted by atomic mass is 32.1. The van der Waals surface area contributed by atoms with Crippen molar-refractivity contribution in [3.63, 3.8) is 0 Å². The Labute approximate surface area is 165 Å². The van der Waals surface area contributed by atoms with Gasteiger partial charge in [-0.3, -0.25) is 4.79 Å². The molecule has 0 fully saturated rings. The molecular formula is C21H20N2O4S. The number of aryl methyl sites for hydroxylation is 1. The van der Waals surface area contributed by atoms with Crippen LogP contribution in [0.5, 0.6) is 11.5 Å². The van der Waals surface area contributed by atoms with E-state index in [0.29, 0.717) is 29.3 Å². The molecule has 28 heavy (non-hydrogen) atoms. The fourth-order valence-electron chi connectivity index (χ4n) is 3.12. The van der Waals surface area contributed by atoms with Crippen molar-refractivity contribution >= 4 is 38.4 Å². The number of furan rings is 1. The average Bonchev–Trinajstić information content (AvgIpc) is 3.29. The number of nitrogens with zero attached hydrogens (tertiary/aromatic N) is 2. The lowest BCUT2D eigenvalue weighted by molar-refractivity contribution is 0.0973. The van der Waals surface area contributed by atoms with Crippen molar-refractivity contribution in [2.45, 2.75) is 20.4 Å². The summed E-state index contributed by atoms with van der Waals surface area (Å²) < 4.78 is 19.7.